The Labute approximate surface area is 139 Å². The van der Waals surface area contributed by atoms with Crippen molar-refractivity contribution in [1.82, 2.24) is 4.90 Å². The molecule has 2 aliphatic heterocycles. The maximum absolute atomic E-state index is 11.7. The van der Waals surface area contributed by atoms with Gasteiger partial charge in [0.25, 0.3) is 5.69 Å². The van der Waals surface area contributed by atoms with Crippen molar-refractivity contribution in [3.05, 3.63) is 51.4 Å². The Morgan fingerprint density at radius 1 is 1.38 bits per heavy atom. The number of β-lactam (4-membered cyclic amide) rings is 1. The number of non-ortho nitro benzene ring substituents is 1. The van der Waals surface area contributed by atoms with Crippen molar-refractivity contribution in [2.45, 2.75) is 23.1 Å². The van der Waals surface area contributed by atoms with E-state index in [1.54, 1.807) is 12.1 Å². The number of carbonyl (C=O) groups is 2. The number of amides is 1. The zero-order chi connectivity index (χ0) is 17.6. The van der Waals surface area contributed by atoms with Gasteiger partial charge in [-0.05, 0) is 12.0 Å². The number of aliphatic hydroxyl groups excluding tert-OH is 1. The van der Waals surface area contributed by atoms with Crippen LogP contribution < -0.4 is 5.73 Å². The number of carboxylic acid groups (broad SMARTS) is 1. The highest BCUT2D eigenvalue weighted by Gasteiger charge is 2.54. The van der Waals surface area contributed by atoms with Gasteiger partial charge in [-0.2, -0.15) is 0 Å². The maximum Gasteiger partial charge on any atom is 0.356 e. The smallest absolute Gasteiger partial charge is 0.356 e. The molecule has 1 aromatic carbocycles. The molecule has 2 aliphatic rings. The molecule has 0 aliphatic carbocycles. The number of carboxylic acids is 1. The number of nitrogens with two attached hydrogens (primary N) is 1. The SMILES string of the molecule is NC1C(=O)N2C(C(=O)O)=C(O)C(Cc3ccc([N+](=O)[O-])cc3)S[C@H]12. The largest absolute Gasteiger partial charge is 0.509 e. The number of benzene rings is 1. The van der Waals surface area contributed by atoms with Crippen molar-refractivity contribution in [3.63, 3.8) is 0 Å². The van der Waals surface area contributed by atoms with Crippen molar-refractivity contribution in [2.24, 2.45) is 5.73 Å². The molecule has 1 saturated heterocycles. The van der Waals surface area contributed by atoms with Crippen LogP contribution in [0.3, 0.4) is 0 Å². The Balaban J connectivity index is 1.87. The summed E-state index contributed by atoms with van der Waals surface area (Å²) in [6.45, 7) is 0. The van der Waals surface area contributed by atoms with E-state index < -0.39 is 44.9 Å². The summed E-state index contributed by atoms with van der Waals surface area (Å²) >= 11 is 1.20. The number of hydrogen-bond acceptors (Lipinski definition) is 7. The van der Waals surface area contributed by atoms with Gasteiger partial charge in [0.1, 0.15) is 17.2 Å². The third kappa shape index (κ3) is 2.49. The highest BCUT2D eigenvalue weighted by atomic mass is 32.2. The van der Waals surface area contributed by atoms with Crippen molar-refractivity contribution >= 4 is 29.3 Å². The number of nitro benzene ring substituents is 1. The van der Waals surface area contributed by atoms with Gasteiger partial charge in [-0.3, -0.25) is 19.8 Å². The Kier molecular flexibility index (Phi) is 3.93. The Hall–Kier alpha value is -2.59. The average Bonchev–Trinajstić information content (AvgIpc) is 2.55. The first-order valence-corrected chi connectivity index (χ1v) is 7.89. The summed E-state index contributed by atoms with van der Waals surface area (Å²) in [5.41, 5.74) is 5.90. The summed E-state index contributed by atoms with van der Waals surface area (Å²) in [7, 11) is 0. The molecular weight excluding hydrogens is 338 g/mol. The second-order valence-electron chi connectivity index (χ2n) is 5.42. The third-order valence-electron chi connectivity index (χ3n) is 3.95. The summed E-state index contributed by atoms with van der Waals surface area (Å²) in [5.74, 6) is -2.33. The van der Waals surface area contributed by atoms with E-state index in [-0.39, 0.29) is 12.1 Å². The standard InChI is InChI=1S/C14H13N3O6S/c15-9-12(19)16-10(14(20)21)11(18)8(24-13(9)16)5-6-1-3-7(4-2-6)17(22)23/h1-4,8-9,13,18H,5,15H2,(H,20,21)/t8?,9?,13-/m1/s1. The Bertz CT molecular complexity index is 762. The zero-order valence-electron chi connectivity index (χ0n) is 12.2. The molecule has 0 bridgehead atoms. The van der Waals surface area contributed by atoms with Crippen molar-refractivity contribution in [3.8, 4) is 0 Å². The number of nitro groups is 1. The van der Waals surface area contributed by atoms with Gasteiger partial charge < -0.3 is 15.9 Å². The molecule has 126 valence electrons. The van der Waals surface area contributed by atoms with E-state index in [0.717, 1.165) is 4.90 Å². The Morgan fingerprint density at radius 3 is 2.54 bits per heavy atom. The van der Waals surface area contributed by atoms with Gasteiger partial charge in [0, 0.05) is 12.1 Å². The molecule has 0 spiro atoms. The van der Waals surface area contributed by atoms with Gasteiger partial charge in [0.05, 0.1) is 10.2 Å². The normalized spacial score (nSPS) is 26.0. The molecule has 2 unspecified atom stereocenters. The highest BCUT2D eigenvalue weighted by molar-refractivity contribution is 8.00. The molecule has 1 amide bonds. The fraction of sp³-hybridized carbons (Fsp3) is 0.286. The molecule has 0 radical (unpaired) electrons. The predicted octanol–water partition coefficient (Wildman–Crippen LogP) is 0.603. The summed E-state index contributed by atoms with van der Waals surface area (Å²) in [4.78, 5) is 34.3. The molecular formula is C14H13N3O6S. The molecule has 4 N–H and O–H groups in total. The number of aliphatic hydroxyl groups is 1. The topological polar surface area (TPSA) is 147 Å². The van der Waals surface area contributed by atoms with E-state index in [9.17, 15) is 29.9 Å². The van der Waals surface area contributed by atoms with E-state index in [1.807, 2.05) is 0 Å². The predicted molar refractivity (Wildman–Crippen MR) is 84.1 cm³/mol. The van der Waals surface area contributed by atoms with E-state index in [0.29, 0.717) is 5.56 Å². The van der Waals surface area contributed by atoms with Crippen LogP contribution in [-0.2, 0) is 16.0 Å². The van der Waals surface area contributed by atoms with Crippen LogP contribution in [0.5, 0.6) is 0 Å². The number of nitrogens with zero attached hydrogens (tertiary/aromatic N) is 2. The lowest BCUT2D eigenvalue weighted by Gasteiger charge is -2.49. The number of thioether (sulfide) groups is 1. The number of carbonyl (C=O) groups excluding carboxylic acids is 1. The van der Waals surface area contributed by atoms with E-state index in [1.165, 1.54) is 23.9 Å². The van der Waals surface area contributed by atoms with Crippen LogP contribution in [-0.4, -0.2) is 48.6 Å². The second kappa shape index (κ2) is 5.80. The molecule has 0 saturated carbocycles. The molecule has 1 fully saturated rings. The molecule has 3 rings (SSSR count). The fourth-order valence-electron chi connectivity index (χ4n) is 2.70. The molecule has 2 heterocycles. The summed E-state index contributed by atoms with van der Waals surface area (Å²) in [6.07, 6.45) is 0.260. The maximum atomic E-state index is 11.7. The zero-order valence-corrected chi connectivity index (χ0v) is 13.0. The first-order chi connectivity index (χ1) is 11.3. The first-order valence-electron chi connectivity index (χ1n) is 6.95. The monoisotopic (exact) mass is 351 g/mol. The first kappa shape index (κ1) is 16.3. The Morgan fingerprint density at radius 2 is 2.00 bits per heavy atom. The fourth-order valence-corrected chi connectivity index (χ4v) is 4.19. The highest BCUT2D eigenvalue weighted by Crippen LogP contribution is 2.43. The number of fused-ring (bicyclic) bond motifs is 1. The van der Waals surface area contributed by atoms with Gasteiger partial charge in [-0.15, -0.1) is 11.8 Å². The van der Waals surface area contributed by atoms with Crippen molar-refractivity contribution in [1.29, 1.82) is 0 Å². The van der Waals surface area contributed by atoms with E-state index in [4.69, 9.17) is 5.73 Å². The molecule has 1 aromatic rings. The molecule has 0 aromatic heterocycles. The van der Waals surface area contributed by atoms with Crippen LogP contribution in [0.2, 0.25) is 0 Å². The third-order valence-corrected chi connectivity index (χ3v) is 5.45. The quantitative estimate of drug-likeness (QED) is 0.406. The molecule has 24 heavy (non-hydrogen) atoms. The number of rotatable bonds is 4. The van der Waals surface area contributed by atoms with Crippen LogP contribution in [0.1, 0.15) is 5.56 Å². The lowest BCUT2D eigenvalue weighted by atomic mass is 10.0. The van der Waals surface area contributed by atoms with Crippen molar-refractivity contribution < 1.29 is 24.7 Å². The minimum atomic E-state index is -1.40. The number of aliphatic carboxylic acids is 1. The lowest BCUT2D eigenvalue weighted by molar-refractivity contribution is -0.384. The van der Waals surface area contributed by atoms with E-state index >= 15 is 0 Å². The van der Waals surface area contributed by atoms with Gasteiger partial charge in [0.15, 0.2) is 5.70 Å². The van der Waals surface area contributed by atoms with Crippen LogP contribution in [0, 0.1) is 10.1 Å². The van der Waals surface area contributed by atoms with Crippen LogP contribution in [0.25, 0.3) is 0 Å². The van der Waals surface area contributed by atoms with Crippen molar-refractivity contribution in [2.75, 3.05) is 0 Å². The lowest BCUT2D eigenvalue weighted by Crippen LogP contribution is -2.69. The van der Waals surface area contributed by atoms with Crippen LogP contribution in [0.4, 0.5) is 5.69 Å². The summed E-state index contributed by atoms with van der Waals surface area (Å²) < 4.78 is 0. The summed E-state index contributed by atoms with van der Waals surface area (Å²) in [6, 6.07) is 4.96. The molecule has 9 nitrogen and oxygen atoms in total. The second-order valence-corrected chi connectivity index (χ2v) is 6.74. The average molecular weight is 351 g/mol. The van der Waals surface area contributed by atoms with Gasteiger partial charge in [0.2, 0.25) is 5.91 Å². The van der Waals surface area contributed by atoms with Crippen LogP contribution in [0.15, 0.2) is 35.7 Å². The molecule has 3 atom stereocenters. The van der Waals surface area contributed by atoms with Gasteiger partial charge >= 0.3 is 5.97 Å². The van der Waals surface area contributed by atoms with E-state index in [2.05, 4.69) is 0 Å². The van der Waals surface area contributed by atoms with Crippen LogP contribution >= 0.6 is 11.8 Å². The minimum absolute atomic E-state index is 0.0566. The number of hydrogen-bond donors (Lipinski definition) is 3. The van der Waals surface area contributed by atoms with Gasteiger partial charge in [-0.25, -0.2) is 4.79 Å². The van der Waals surface area contributed by atoms with Gasteiger partial charge in [-0.1, -0.05) is 12.1 Å². The molecule has 10 heteroatoms. The summed E-state index contributed by atoms with van der Waals surface area (Å²) in [5, 5.41) is 29.1. The minimum Gasteiger partial charge on any atom is -0.509 e.